The Morgan fingerprint density at radius 2 is 1.87 bits per heavy atom. The average Bonchev–Trinajstić information content (AvgIpc) is 2.83. The first-order valence-electron chi connectivity index (χ1n) is 8.36. The highest BCUT2D eigenvalue weighted by Gasteiger charge is 2.32. The lowest BCUT2D eigenvalue weighted by Gasteiger charge is -2.25. The van der Waals surface area contributed by atoms with Gasteiger partial charge < -0.3 is 9.88 Å². The van der Waals surface area contributed by atoms with Crippen LogP contribution in [0.3, 0.4) is 0 Å². The number of Topliss-reactive ketones (excluding diaryl/α,β-unsaturated/α-hetero) is 2. The molecule has 1 fully saturated rings. The Kier molecular flexibility index (Phi) is 5.12. The number of nitrogens with zero attached hydrogens (tertiary/aromatic N) is 1. The van der Waals surface area contributed by atoms with E-state index in [2.05, 4.69) is 23.7 Å². The van der Waals surface area contributed by atoms with Crippen LogP contribution < -0.4 is 5.32 Å². The predicted octanol–water partition coefficient (Wildman–Crippen LogP) is 3.43. The Labute approximate surface area is 139 Å². The topological polar surface area (TPSA) is 51.1 Å². The standard InChI is InChI=1S/C19H28N2O2/c1-13(2)12-21-8-6-7-16(21)14-9-17(22)15(18(23)10-14)11-20-19(3,4)5/h6-8,11,13-14,20H,9-10,12H2,1-5H3. The normalized spacial score (nSPS) is 19.4. The number of allylic oxidation sites excluding steroid dienone is 1. The minimum absolute atomic E-state index is 0.00413. The van der Waals surface area contributed by atoms with E-state index in [9.17, 15) is 9.59 Å². The molecule has 0 aliphatic heterocycles. The highest BCUT2D eigenvalue weighted by Crippen LogP contribution is 2.32. The summed E-state index contributed by atoms with van der Waals surface area (Å²) in [6.45, 7) is 11.3. The summed E-state index contributed by atoms with van der Waals surface area (Å²) in [4.78, 5) is 24.8. The largest absolute Gasteiger partial charge is 0.386 e. The van der Waals surface area contributed by atoms with E-state index in [1.54, 1.807) is 6.20 Å². The van der Waals surface area contributed by atoms with Crippen molar-refractivity contribution in [3.63, 3.8) is 0 Å². The molecular weight excluding hydrogens is 288 g/mol. The molecule has 0 spiro atoms. The maximum Gasteiger partial charge on any atom is 0.168 e. The first kappa shape index (κ1) is 17.5. The molecule has 1 aromatic heterocycles. The van der Waals surface area contributed by atoms with E-state index < -0.39 is 0 Å². The van der Waals surface area contributed by atoms with Gasteiger partial charge in [0.25, 0.3) is 0 Å². The van der Waals surface area contributed by atoms with Crippen molar-refractivity contribution in [3.8, 4) is 0 Å². The van der Waals surface area contributed by atoms with E-state index in [0.29, 0.717) is 24.3 Å². The van der Waals surface area contributed by atoms with Gasteiger partial charge in [0.15, 0.2) is 11.6 Å². The Balaban J connectivity index is 2.15. The van der Waals surface area contributed by atoms with Gasteiger partial charge in [0, 0.05) is 48.9 Å². The molecule has 2 rings (SSSR count). The van der Waals surface area contributed by atoms with Gasteiger partial charge in [0.05, 0.1) is 5.57 Å². The highest BCUT2D eigenvalue weighted by molar-refractivity contribution is 6.22. The number of ketones is 2. The van der Waals surface area contributed by atoms with Crippen molar-refractivity contribution in [2.75, 3.05) is 0 Å². The molecule has 4 heteroatoms. The van der Waals surface area contributed by atoms with Crippen molar-refractivity contribution < 1.29 is 9.59 Å². The van der Waals surface area contributed by atoms with Gasteiger partial charge in [-0.2, -0.15) is 0 Å². The molecule has 0 aromatic carbocycles. The Bertz CT molecular complexity index is 598. The first-order chi connectivity index (χ1) is 10.7. The molecule has 4 nitrogen and oxygen atoms in total. The molecule has 0 unspecified atom stereocenters. The predicted molar refractivity (Wildman–Crippen MR) is 92.2 cm³/mol. The van der Waals surface area contributed by atoms with E-state index in [1.807, 2.05) is 39.1 Å². The van der Waals surface area contributed by atoms with Crippen LogP contribution in [0.5, 0.6) is 0 Å². The van der Waals surface area contributed by atoms with Crippen molar-refractivity contribution in [1.82, 2.24) is 9.88 Å². The SMILES string of the molecule is CC(C)Cn1cccc1C1CC(=O)C(=CNC(C)(C)C)C(=O)C1. The van der Waals surface area contributed by atoms with Crippen molar-refractivity contribution in [2.45, 2.75) is 65.5 Å². The van der Waals surface area contributed by atoms with Gasteiger partial charge in [-0.25, -0.2) is 0 Å². The van der Waals surface area contributed by atoms with Crippen LogP contribution in [0.4, 0.5) is 0 Å². The van der Waals surface area contributed by atoms with Crippen LogP contribution in [0.2, 0.25) is 0 Å². The van der Waals surface area contributed by atoms with Crippen LogP contribution in [0.15, 0.2) is 30.1 Å². The third-order valence-corrected chi connectivity index (χ3v) is 3.96. The molecule has 1 N–H and O–H groups in total. The number of nitrogens with one attached hydrogen (secondary N) is 1. The second-order valence-electron chi connectivity index (χ2n) is 7.88. The van der Waals surface area contributed by atoms with Crippen LogP contribution in [0.25, 0.3) is 0 Å². The monoisotopic (exact) mass is 316 g/mol. The summed E-state index contributed by atoms with van der Waals surface area (Å²) in [5.41, 5.74) is 1.26. The van der Waals surface area contributed by atoms with Gasteiger partial charge in [0.2, 0.25) is 0 Å². The maximum absolute atomic E-state index is 12.4. The summed E-state index contributed by atoms with van der Waals surface area (Å²) < 4.78 is 2.18. The van der Waals surface area contributed by atoms with Gasteiger partial charge in [-0.3, -0.25) is 9.59 Å². The van der Waals surface area contributed by atoms with Gasteiger partial charge in [-0.1, -0.05) is 13.8 Å². The summed E-state index contributed by atoms with van der Waals surface area (Å²) in [5.74, 6) is 0.415. The third-order valence-electron chi connectivity index (χ3n) is 3.96. The lowest BCUT2D eigenvalue weighted by Crippen LogP contribution is -2.34. The number of carbonyl (C=O) groups excluding carboxylic acids is 2. The number of hydrogen-bond acceptors (Lipinski definition) is 3. The molecule has 1 aliphatic rings. The molecule has 126 valence electrons. The van der Waals surface area contributed by atoms with Crippen molar-refractivity contribution >= 4 is 11.6 Å². The summed E-state index contributed by atoms with van der Waals surface area (Å²) in [7, 11) is 0. The molecule has 1 aromatic rings. The van der Waals surface area contributed by atoms with Gasteiger partial charge in [-0.15, -0.1) is 0 Å². The number of hydrogen-bond donors (Lipinski definition) is 1. The molecule has 1 saturated carbocycles. The molecule has 0 atom stereocenters. The summed E-state index contributed by atoms with van der Waals surface area (Å²) >= 11 is 0. The van der Waals surface area contributed by atoms with E-state index in [-0.39, 0.29) is 23.0 Å². The first-order valence-corrected chi connectivity index (χ1v) is 8.36. The number of aromatic nitrogens is 1. The zero-order valence-electron chi connectivity index (χ0n) is 14.8. The van der Waals surface area contributed by atoms with Crippen LogP contribution >= 0.6 is 0 Å². The van der Waals surface area contributed by atoms with Crippen LogP contribution in [-0.4, -0.2) is 21.7 Å². The quantitative estimate of drug-likeness (QED) is 0.684. The zero-order valence-corrected chi connectivity index (χ0v) is 14.8. The lowest BCUT2D eigenvalue weighted by atomic mass is 9.82. The van der Waals surface area contributed by atoms with Crippen LogP contribution in [-0.2, 0) is 16.1 Å². The molecule has 0 saturated heterocycles. The second kappa shape index (κ2) is 6.73. The Morgan fingerprint density at radius 3 is 2.39 bits per heavy atom. The van der Waals surface area contributed by atoms with E-state index >= 15 is 0 Å². The summed E-state index contributed by atoms with van der Waals surface area (Å²) in [6.07, 6.45) is 4.46. The average molecular weight is 316 g/mol. The summed E-state index contributed by atoms with van der Waals surface area (Å²) in [6, 6.07) is 4.04. The summed E-state index contributed by atoms with van der Waals surface area (Å²) in [5, 5.41) is 3.13. The highest BCUT2D eigenvalue weighted by atomic mass is 16.1. The molecule has 0 radical (unpaired) electrons. The van der Waals surface area contributed by atoms with Gasteiger partial charge >= 0.3 is 0 Å². The minimum Gasteiger partial charge on any atom is -0.386 e. The van der Waals surface area contributed by atoms with Gasteiger partial charge in [-0.05, 0) is 38.8 Å². The van der Waals surface area contributed by atoms with E-state index in [4.69, 9.17) is 0 Å². The van der Waals surface area contributed by atoms with Gasteiger partial charge in [0.1, 0.15) is 0 Å². The molecule has 1 aliphatic carbocycles. The smallest absolute Gasteiger partial charge is 0.168 e. The molecular formula is C19H28N2O2. The lowest BCUT2D eigenvalue weighted by molar-refractivity contribution is -0.124. The van der Waals surface area contributed by atoms with Crippen molar-refractivity contribution in [1.29, 1.82) is 0 Å². The fraction of sp³-hybridized carbons (Fsp3) is 0.579. The molecule has 23 heavy (non-hydrogen) atoms. The van der Waals surface area contributed by atoms with E-state index in [1.165, 1.54) is 0 Å². The Hall–Kier alpha value is -1.84. The number of rotatable bonds is 4. The van der Waals surface area contributed by atoms with Crippen LogP contribution in [0, 0.1) is 5.92 Å². The minimum atomic E-state index is -0.156. The fourth-order valence-corrected chi connectivity index (χ4v) is 2.91. The molecule has 0 amide bonds. The fourth-order valence-electron chi connectivity index (χ4n) is 2.91. The molecule has 1 heterocycles. The van der Waals surface area contributed by atoms with Crippen molar-refractivity contribution in [3.05, 3.63) is 35.8 Å². The number of carbonyl (C=O) groups is 2. The second-order valence-corrected chi connectivity index (χ2v) is 7.88. The van der Waals surface area contributed by atoms with Crippen molar-refractivity contribution in [2.24, 2.45) is 5.92 Å². The van der Waals surface area contributed by atoms with E-state index in [0.717, 1.165) is 12.2 Å². The van der Waals surface area contributed by atoms with Crippen LogP contribution in [0.1, 0.15) is 59.1 Å². The molecule has 0 bridgehead atoms. The maximum atomic E-state index is 12.4. The third kappa shape index (κ3) is 4.57. The Morgan fingerprint density at radius 1 is 1.26 bits per heavy atom. The zero-order chi connectivity index (χ0) is 17.2.